The first-order valence-electron chi connectivity index (χ1n) is 12.2. The number of nitrogens with zero attached hydrogens (tertiary/aromatic N) is 1. The van der Waals surface area contributed by atoms with Crippen molar-refractivity contribution in [2.24, 2.45) is 16.3 Å². The van der Waals surface area contributed by atoms with Crippen LogP contribution in [0.25, 0.3) is 0 Å². The predicted octanol–water partition coefficient (Wildman–Crippen LogP) is 4.18. The van der Waals surface area contributed by atoms with E-state index < -0.39 is 0 Å². The molecule has 2 saturated carbocycles. The molecule has 5 rings (SSSR count). The summed E-state index contributed by atoms with van der Waals surface area (Å²) in [5, 5.41) is 7.31. The lowest BCUT2D eigenvalue weighted by atomic mass is 9.54. The molecule has 0 bridgehead atoms. The van der Waals surface area contributed by atoms with Crippen molar-refractivity contribution in [1.29, 1.82) is 0 Å². The summed E-state index contributed by atoms with van der Waals surface area (Å²) in [6, 6.07) is 6.90. The molecule has 1 aromatic rings. The van der Waals surface area contributed by atoms with E-state index in [1.54, 1.807) is 0 Å². The Kier molecular flexibility index (Phi) is 7.88. The topological polar surface area (TPSA) is 64.1 Å². The third-order valence-corrected chi connectivity index (χ3v) is 7.73. The van der Waals surface area contributed by atoms with Gasteiger partial charge in [0.2, 0.25) is 0 Å². The van der Waals surface area contributed by atoms with Gasteiger partial charge in [-0.25, -0.2) is 4.99 Å². The molecule has 2 aliphatic heterocycles. The lowest BCUT2D eigenvalue weighted by Gasteiger charge is -2.57. The van der Waals surface area contributed by atoms with E-state index in [0.29, 0.717) is 36.6 Å². The Morgan fingerprint density at radius 2 is 2.06 bits per heavy atom. The van der Waals surface area contributed by atoms with Gasteiger partial charge in [0, 0.05) is 42.5 Å². The van der Waals surface area contributed by atoms with E-state index in [4.69, 9.17) is 19.2 Å². The minimum Gasteiger partial charge on any atom is -0.488 e. The summed E-state index contributed by atoms with van der Waals surface area (Å²) < 4.78 is 17.9. The normalized spacial score (nSPS) is 30.5. The van der Waals surface area contributed by atoms with Gasteiger partial charge >= 0.3 is 0 Å². The Labute approximate surface area is 209 Å². The Hall–Kier alpha value is -1.06. The number of halogens is 1. The van der Waals surface area contributed by atoms with Gasteiger partial charge in [0.15, 0.2) is 5.96 Å². The standard InChI is InChI=1S/C25H37N3O3.HI/c1-3-26-24(28-22-20-9-13-30-23(20)25(22)10-4-5-11-25)27-15-18-7-6-17(2)14-21(18)31-19-8-12-29-16-19;/h6-7,14,19-20,22-23H,3-5,8-13,15-16H2,1-2H3,(H2,26,27,28);1H. The Bertz CT molecular complexity index is 806. The van der Waals surface area contributed by atoms with Crippen LogP contribution in [0.1, 0.15) is 56.6 Å². The average Bonchev–Trinajstić information content (AvgIpc) is 3.52. The summed E-state index contributed by atoms with van der Waals surface area (Å²) in [4.78, 5) is 4.98. The van der Waals surface area contributed by atoms with Crippen LogP contribution < -0.4 is 15.4 Å². The maximum atomic E-state index is 6.27. The Morgan fingerprint density at radius 1 is 1.22 bits per heavy atom. The summed E-state index contributed by atoms with van der Waals surface area (Å²) in [6.07, 6.45) is 7.95. The van der Waals surface area contributed by atoms with Gasteiger partial charge in [0.1, 0.15) is 11.9 Å². The highest BCUT2D eigenvalue weighted by atomic mass is 127. The second kappa shape index (κ2) is 10.5. The molecule has 0 radical (unpaired) electrons. The number of hydrogen-bond acceptors (Lipinski definition) is 4. The first-order valence-corrected chi connectivity index (χ1v) is 12.2. The minimum atomic E-state index is 0. The van der Waals surface area contributed by atoms with E-state index in [9.17, 15) is 0 Å². The lowest BCUT2D eigenvalue weighted by molar-refractivity contribution is -0.125. The quantitative estimate of drug-likeness (QED) is 0.313. The molecule has 2 saturated heterocycles. The number of guanidine groups is 1. The van der Waals surface area contributed by atoms with Crippen LogP contribution in [-0.2, 0) is 16.0 Å². The zero-order valence-electron chi connectivity index (χ0n) is 19.4. The van der Waals surface area contributed by atoms with Crippen LogP contribution >= 0.6 is 24.0 Å². The maximum Gasteiger partial charge on any atom is 0.191 e. The lowest BCUT2D eigenvalue weighted by Crippen LogP contribution is -2.69. The second-order valence-electron chi connectivity index (χ2n) is 9.72. The van der Waals surface area contributed by atoms with E-state index in [2.05, 4.69) is 42.7 Å². The second-order valence-corrected chi connectivity index (χ2v) is 9.72. The molecule has 1 spiro atoms. The van der Waals surface area contributed by atoms with Crippen molar-refractivity contribution in [3.63, 3.8) is 0 Å². The fourth-order valence-electron chi connectivity index (χ4n) is 6.22. The van der Waals surface area contributed by atoms with Gasteiger partial charge < -0.3 is 24.8 Å². The van der Waals surface area contributed by atoms with E-state index in [-0.39, 0.29) is 30.1 Å². The van der Waals surface area contributed by atoms with E-state index in [0.717, 1.165) is 43.5 Å². The Balaban J connectivity index is 0.00000245. The van der Waals surface area contributed by atoms with E-state index in [1.165, 1.54) is 37.7 Å². The molecule has 178 valence electrons. The molecule has 7 heteroatoms. The zero-order chi connectivity index (χ0) is 21.3. The highest BCUT2D eigenvalue weighted by Crippen LogP contribution is 2.60. The third-order valence-electron chi connectivity index (χ3n) is 7.73. The molecular formula is C25H38IN3O3. The summed E-state index contributed by atoms with van der Waals surface area (Å²) in [7, 11) is 0. The average molecular weight is 556 g/mol. The van der Waals surface area contributed by atoms with E-state index >= 15 is 0 Å². The molecule has 4 unspecified atom stereocenters. The van der Waals surface area contributed by atoms with Crippen molar-refractivity contribution in [3.8, 4) is 5.75 Å². The van der Waals surface area contributed by atoms with Gasteiger partial charge in [0.05, 0.1) is 25.9 Å². The number of nitrogens with one attached hydrogen (secondary N) is 2. The number of benzene rings is 1. The maximum absolute atomic E-state index is 6.27. The molecule has 6 nitrogen and oxygen atoms in total. The number of rotatable bonds is 6. The van der Waals surface area contributed by atoms with Crippen LogP contribution in [0.5, 0.6) is 5.75 Å². The third kappa shape index (κ3) is 4.62. The van der Waals surface area contributed by atoms with Crippen molar-refractivity contribution in [1.82, 2.24) is 10.6 Å². The van der Waals surface area contributed by atoms with Crippen molar-refractivity contribution in [2.45, 2.75) is 77.2 Å². The van der Waals surface area contributed by atoms with Gasteiger partial charge in [-0.05, 0) is 44.7 Å². The van der Waals surface area contributed by atoms with Gasteiger partial charge in [-0.2, -0.15) is 0 Å². The minimum absolute atomic E-state index is 0. The molecule has 32 heavy (non-hydrogen) atoms. The number of aryl methyl sites for hydroxylation is 1. The first-order chi connectivity index (χ1) is 15.2. The smallest absolute Gasteiger partial charge is 0.191 e. The number of fused-ring (bicyclic) bond motifs is 2. The number of hydrogen-bond donors (Lipinski definition) is 2. The highest BCUT2D eigenvalue weighted by Gasteiger charge is 2.65. The summed E-state index contributed by atoms with van der Waals surface area (Å²) in [6.45, 7) is 8.07. The molecule has 0 amide bonds. The van der Waals surface area contributed by atoms with Gasteiger partial charge in [-0.15, -0.1) is 24.0 Å². The van der Waals surface area contributed by atoms with Crippen LogP contribution in [0, 0.1) is 18.3 Å². The monoisotopic (exact) mass is 555 g/mol. The zero-order valence-corrected chi connectivity index (χ0v) is 21.7. The van der Waals surface area contributed by atoms with Crippen molar-refractivity contribution in [3.05, 3.63) is 29.3 Å². The number of ether oxygens (including phenoxy) is 3. The molecule has 4 aliphatic rings. The summed E-state index contributed by atoms with van der Waals surface area (Å²) in [5.74, 6) is 2.48. The van der Waals surface area contributed by atoms with E-state index in [1.807, 2.05) is 0 Å². The molecule has 4 fully saturated rings. The highest BCUT2D eigenvalue weighted by molar-refractivity contribution is 14.0. The largest absolute Gasteiger partial charge is 0.488 e. The number of aliphatic imine (C=N–C) groups is 1. The van der Waals surface area contributed by atoms with Crippen LogP contribution in [0.4, 0.5) is 0 Å². The van der Waals surface area contributed by atoms with Crippen molar-refractivity contribution >= 4 is 29.9 Å². The van der Waals surface area contributed by atoms with Crippen LogP contribution in [0.15, 0.2) is 23.2 Å². The fraction of sp³-hybridized carbons (Fsp3) is 0.720. The predicted molar refractivity (Wildman–Crippen MR) is 137 cm³/mol. The van der Waals surface area contributed by atoms with Gasteiger partial charge in [0.25, 0.3) is 0 Å². The SMILES string of the molecule is CCNC(=NCc1ccc(C)cc1OC1CCOC1)NC1C2CCOC2C12CCCC2.I. The van der Waals surface area contributed by atoms with Crippen molar-refractivity contribution in [2.75, 3.05) is 26.4 Å². The van der Waals surface area contributed by atoms with Gasteiger partial charge in [-0.1, -0.05) is 25.0 Å². The van der Waals surface area contributed by atoms with Crippen LogP contribution in [0.3, 0.4) is 0 Å². The molecular weight excluding hydrogens is 517 g/mol. The van der Waals surface area contributed by atoms with Crippen molar-refractivity contribution < 1.29 is 14.2 Å². The van der Waals surface area contributed by atoms with Crippen LogP contribution in [-0.4, -0.2) is 50.6 Å². The molecule has 2 aliphatic carbocycles. The summed E-state index contributed by atoms with van der Waals surface area (Å²) in [5.41, 5.74) is 2.65. The van der Waals surface area contributed by atoms with Gasteiger partial charge in [-0.3, -0.25) is 0 Å². The summed E-state index contributed by atoms with van der Waals surface area (Å²) >= 11 is 0. The molecule has 2 heterocycles. The first kappa shape index (κ1) is 24.1. The fourth-order valence-corrected chi connectivity index (χ4v) is 6.22. The molecule has 0 aromatic heterocycles. The molecule has 4 atom stereocenters. The van der Waals surface area contributed by atoms with Crippen LogP contribution in [0.2, 0.25) is 0 Å². The molecule has 1 aromatic carbocycles. The molecule has 2 N–H and O–H groups in total. The Morgan fingerprint density at radius 3 is 2.81 bits per heavy atom.